The maximum Gasteiger partial charge on any atom is 0.396 e. The third kappa shape index (κ3) is 3.18. The Morgan fingerprint density at radius 3 is 2.53 bits per heavy atom. The average Bonchev–Trinajstić information content (AvgIpc) is 2.31. The van der Waals surface area contributed by atoms with Crippen LogP contribution >= 0.6 is 0 Å². The van der Waals surface area contributed by atoms with Gasteiger partial charge in [-0.2, -0.15) is 0 Å². The van der Waals surface area contributed by atoms with Gasteiger partial charge in [0.25, 0.3) is 0 Å². The van der Waals surface area contributed by atoms with Gasteiger partial charge in [-0.3, -0.25) is 4.79 Å². The second-order valence-electron chi connectivity index (χ2n) is 3.34. The number of phenols is 1. The predicted molar refractivity (Wildman–Crippen MR) is 61.5 cm³/mol. The minimum atomic E-state index is -1.59. The zero-order chi connectivity index (χ0) is 12.8. The van der Waals surface area contributed by atoms with Gasteiger partial charge in [-0.15, -0.1) is 0 Å². The maximum absolute atomic E-state index is 11.5. The molecular weight excluding hydrogens is 224 g/mol. The van der Waals surface area contributed by atoms with Gasteiger partial charge in [0.1, 0.15) is 11.4 Å². The molecule has 0 unspecified atom stereocenters. The summed E-state index contributed by atoms with van der Waals surface area (Å²) in [7, 11) is 0. The van der Waals surface area contributed by atoms with Crippen molar-refractivity contribution >= 4 is 17.6 Å². The van der Waals surface area contributed by atoms with Crippen molar-refractivity contribution in [1.82, 2.24) is 5.43 Å². The van der Waals surface area contributed by atoms with Crippen molar-refractivity contribution in [2.75, 3.05) is 11.6 Å². The van der Waals surface area contributed by atoms with Crippen LogP contribution in [0.5, 0.6) is 5.75 Å². The van der Waals surface area contributed by atoms with E-state index >= 15 is 0 Å². The maximum atomic E-state index is 11.5. The summed E-state index contributed by atoms with van der Waals surface area (Å²) in [5.41, 5.74) is 2.77. The monoisotopic (exact) mass is 238 g/mol. The number of nitrogens with one attached hydrogen (secondary N) is 1. The molecule has 1 aromatic rings. The van der Waals surface area contributed by atoms with Crippen LogP contribution in [0.25, 0.3) is 0 Å². The Morgan fingerprint density at radius 2 is 2.00 bits per heavy atom. The van der Waals surface area contributed by atoms with Crippen LogP contribution in [0.1, 0.15) is 13.3 Å². The van der Waals surface area contributed by atoms with E-state index in [9.17, 15) is 14.7 Å². The van der Waals surface area contributed by atoms with E-state index in [-0.39, 0.29) is 11.4 Å². The van der Waals surface area contributed by atoms with Crippen molar-refractivity contribution in [2.45, 2.75) is 13.3 Å². The number of phenolic OH excluding ortho intramolecular Hbond substituents is 1. The molecule has 0 aliphatic heterocycles. The molecule has 0 spiro atoms. The fourth-order valence-electron chi connectivity index (χ4n) is 1.24. The Labute approximate surface area is 98.4 Å². The van der Waals surface area contributed by atoms with Crippen LogP contribution in [-0.4, -0.2) is 28.6 Å². The Hall–Kier alpha value is -2.08. The van der Waals surface area contributed by atoms with Gasteiger partial charge in [0.05, 0.1) is 0 Å². The van der Waals surface area contributed by atoms with Crippen molar-refractivity contribution in [2.24, 2.45) is 0 Å². The molecule has 1 aromatic carbocycles. The number of hydrazine groups is 1. The average molecular weight is 238 g/mol. The number of rotatable bonds is 4. The number of aliphatic carboxylic acids is 1. The quantitative estimate of drug-likeness (QED) is 0.531. The smallest absolute Gasteiger partial charge is 0.396 e. The molecule has 0 aromatic heterocycles. The Morgan fingerprint density at radius 1 is 1.35 bits per heavy atom. The lowest BCUT2D eigenvalue weighted by molar-refractivity contribution is -0.149. The molecule has 6 nitrogen and oxygen atoms in total. The molecule has 0 fully saturated rings. The highest BCUT2D eigenvalue weighted by atomic mass is 16.4. The largest absolute Gasteiger partial charge is 0.506 e. The van der Waals surface area contributed by atoms with Crippen LogP contribution in [0.15, 0.2) is 24.3 Å². The molecule has 0 saturated heterocycles. The molecule has 92 valence electrons. The highest BCUT2D eigenvalue weighted by Gasteiger charge is 2.24. The first-order valence-electron chi connectivity index (χ1n) is 5.16. The third-order valence-corrected chi connectivity index (χ3v) is 2.03. The second kappa shape index (κ2) is 5.86. The number of carboxylic acids is 1. The van der Waals surface area contributed by atoms with Crippen molar-refractivity contribution in [3.63, 3.8) is 0 Å². The van der Waals surface area contributed by atoms with Crippen LogP contribution in [-0.2, 0) is 9.59 Å². The van der Waals surface area contributed by atoms with E-state index in [1.807, 2.05) is 6.92 Å². The summed E-state index contributed by atoms with van der Waals surface area (Å²) in [6, 6.07) is 6.02. The van der Waals surface area contributed by atoms with Gasteiger partial charge in [-0.1, -0.05) is 19.1 Å². The van der Waals surface area contributed by atoms with E-state index in [1.54, 1.807) is 12.1 Å². The van der Waals surface area contributed by atoms with Crippen molar-refractivity contribution in [1.29, 1.82) is 0 Å². The normalized spacial score (nSPS) is 9.94. The standard InChI is InChI=1S/C11H14N2O4/c1-2-7-12-13(10(15)11(16)17)8-5-3-4-6-9(8)14/h3-6,12,14H,2,7H2,1H3,(H,16,17). The minimum absolute atomic E-state index is 0.119. The van der Waals surface area contributed by atoms with Gasteiger partial charge < -0.3 is 10.2 Å². The van der Waals surface area contributed by atoms with E-state index in [0.717, 1.165) is 11.4 Å². The SMILES string of the molecule is CCCNN(C(=O)C(=O)O)c1ccccc1O. The highest BCUT2D eigenvalue weighted by molar-refractivity contribution is 6.37. The van der Waals surface area contributed by atoms with E-state index in [4.69, 9.17) is 5.11 Å². The number of aromatic hydroxyl groups is 1. The van der Waals surface area contributed by atoms with Crippen LogP contribution < -0.4 is 10.4 Å². The van der Waals surface area contributed by atoms with Crippen molar-refractivity contribution in [3.05, 3.63) is 24.3 Å². The molecule has 0 radical (unpaired) electrons. The fraction of sp³-hybridized carbons (Fsp3) is 0.273. The number of nitrogens with zero attached hydrogens (tertiary/aromatic N) is 1. The third-order valence-electron chi connectivity index (χ3n) is 2.03. The summed E-state index contributed by atoms with van der Waals surface area (Å²) >= 11 is 0. The first kappa shape index (κ1) is 13.0. The zero-order valence-electron chi connectivity index (χ0n) is 9.38. The molecule has 1 rings (SSSR count). The Balaban J connectivity index is 3.02. The molecule has 0 aliphatic carbocycles. The number of carbonyl (C=O) groups excluding carboxylic acids is 1. The lowest BCUT2D eigenvalue weighted by Gasteiger charge is -2.22. The molecule has 6 heteroatoms. The highest BCUT2D eigenvalue weighted by Crippen LogP contribution is 2.25. The van der Waals surface area contributed by atoms with E-state index in [0.29, 0.717) is 6.54 Å². The molecule has 0 heterocycles. The molecule has 3 N–H and O–H groups in total. The molecule has 1 amide bonds. The fourth-order valence-corrected chi connectivity index (χ4v) is 1.24. The molecule has 17 heavy (non-hydrogen) atoms. The van der Waals surface area contributed by atoms with Crippen LogP contribution in [0.3, 0.4) is 0 Å². The molecule has 0 aliphatic rings. The summed E-state index contributed by atoms with van der Waals surface area (Å²) < 4.78 is 0. The van der Waals surface area contributed by atoms with Gasteiger partial charge in [-0.05, 0) is 18.6 Å². The summed E-state index contributed by atoms with van der Waals surface area (Å²) in [6.07, 6.45) is 0.719. The van der Waals surface area contributed by atoms with Gasteiger partial charge >= 0.3 is 11.9 Å². The van der Waals surface area contributed by atoms with E-state index < -0.39 is 11.9 Å². The summed E-state index contributed by atoms with van der Waals surface area (Å²) in [6.45, 7) is 2.30. The van der Waals surface area contributed by atoms with Crippen LogP contribution in [0, 0.1) is 0 Å². The first-order chi connectivity index (χ1) is 8.07. The molecule has 0 saturated carbocycles. The van der Waals surface area contributed by atoms with Crippen LogP contribution in [0.4, 0.5) is 5.69 Å². The van der Waals surface area contributed by atoms with Gasteiger partial charge in [0.15, 0.2) is 0 Å². The number of benzene rings is 1. The number of carboxylic acid groups (broad SMARTS) is 1. The van der Waals surface area contributed by atoms with Gasteiger partial charge in [-0.25, -0.2) is 15.2 Å². The van der Waals surface area contributed by atoms with Crippen molar-refractivity contribution < 1.29 is 19.8 Å². The van der Waals surface area contributed by atoms with E-state index in [2.05, 4.69) is 5.43 Å². The summed E-state index contributed by atoms with van der Waals surface area (Å²) in [5, 5.41) is 19.1. The lowest BCUT2D eigenvalue weighted by atomic mass is 10.3. The Bertz CT molecular complexity index is 420. The molecular formula is C11H14N2O4. The molecule has 0 bridgehead atoms. The zero-order valence-corrected chi connectivity index (χ0v) is 9.38. The number of carbonyl (C=O) groups is 2. The van der Waals surface area contributed by atoms with E-state index in [1.165, 1.54) is 12.1 Å². The van der Waals surface area contributed by atoms with Crippen LogP contribution in [0.2, 0.25) is 0 Å². The number of amides is 1. The predicted octanol–water partition coefficient (Wildman–Crippen LogP) is 0.724. The second-order valence-corrected chi connectivity index (χ2v) is 3.34. The number of para-hydroxylation sites is 2. The first-order valence-corrected chi connectivity index (χ1v) is 5.16. The van der Waals surface area contributed by atoms with Crippen molar-refractivity contribution in [3.8, 4) is 5.75 Å². The molecule has 0 atom stereocenters. The van der Waals surface area contributed by atoms with Gasteiger partial charge in [0.2, 0.25) is 0 Å². The summed E-state index contributed by atoms with van der Waals surface area (Å²) in [5.74, 6) is -2.89. The van der Waals surface area contributed by atoms with Gasteiger partial charge in [0, 0.05) is 6.54 Å². The minimum Gasteiger partial charge on any atom is -0.506 e. The number of anilines is 1. The topological polar surface area (TPSA) is 89.9 Å². The summed E-state index contributed by atoms with van der Waals surface area (Å²) in [4.78, 5) is 22.1. The Kier molecular flexibility index (Phi) is 4.47. The number of hydrogen-bond acceptors (Lipinski definition) is 4. The number of hydrogen-bond donors (Lipinski definition) is 3. The lowest BCUT2D eigenvalue weighted by Crippen LogP contribution is -2.46.